The lowest BCUT2D eigenvalue weighted by Crippen LogP contribution is -1.98. The van der Waals surface area contributed by atoms with Crippen LogP contribution in [0.15, 0.2) is 17.0 Å². The van der Waals surface area contributed by atoms with Crippen molar-refractivity contribution in [3.63, 3.8) is 0 Å². The number of aromatic nitrogens is 3. The molecule has 0 saturated carbocycles. The molecule has 0 bridgehead atoms. The van der Waals surface area contributed by atoms with Crippen molar-refractivity contribution in [3.05, 3.63) is 22.8 Å². The Labute approximate surface area is 75.3 Å². The van der Waals surface area contributed by atoms with Gasteiger partial charge in [0.05, 0.1) is 0 Å². The standard InChI is InChI=1S/C6H4BrFN4/c7-5-3(8)1-4-6(9)10-2-11-12(4)5/h1-2H,(H2,9,10,11). The Bertz CT molecular complexity index is 438. The van der Waals surface area contributed by atoms with Crippen molar-refractivity contribution in [1.82, 2.24) is 14.6 Å². The van der Waals surface area contributed by atoms with E-state index in [0.29, 0.717) is 5.52 Å². The normalized spacial score (nSPS) is 10.8. The van der Waals surface area contributed by atoms with Gasteiger partial charge in [0.15, 0.2) is 11.6 Å². The van der Waals surface area contributed by atoms with E-state index in [1.165, 1.54) is 16.9 Å². The summed E-state index contributed by atoms with van der Waals surface area (Å²) >= 11 is 3.03. The molecular formula is C6H4BrFN4. The van der Waals surface area contributed by atoms with Crippen LogP contribution in [0.1, 0.15) is 0 Å². The predicted octanol–water partition coefficient (Wildman–Crippen LogP) is 1.21. The summed E-state index contributed by atoms with van der Waals surface area (Å²) in [6.07, 6.45) is 1.27. The number of rotatable bonds is 0. The Morgan fingerprint density at radius 1 is 1.58 bits per heavy atom. The SMILES string of the molecule is Nc1ncnn2c(Br)c(F)cc12. The molecule has 12 heavy (non-hydrogen) atoms. The molecule has 0 aliphatic carbocycles. The second kappa shape index (κ2) is 2.41. The zero-order valence-electron chi connectivity index (χ0n) is 5.83. The lowest BCUT2D eigenvalue weighted by atomic mass is 10.5. The van der Waals surface area contributed by atoms with Crippen LogP contribution in [0.25, 0.3) is 5.52 Å². The highest BCUT2D eigenvalue weighted by atomic mass is 79.9. The lowest BCUT2D eigenvalue weighted by Gasteiger charge is -1.95. The molecule has 2 rings (SSSR count). The number of hydrogen-bond donors (Lipinski definition) is 1. The molecule has 0 aromatic carbocycles. The minimum absolute atomic E-state index is 0.256. The van der Waals surface area contributed by atoms with Crippen molar-refractivity contribution in [1.29, 1.82) is 0 Å². The first-order valence-corrected chi connectivity index (χ1v) is 3.92. The van der Waals surface area contributed by atoms with Crippen molar-refractivity contribution in [2.45, 2.75) is 0 Å². The van der Waals surface area contributed by atoms with Gasteiger partial charge in [-0.05, 0) is 15.9 Å². The van der Waals surface area contributed by atoms with Crippen LogP contribution in [0.3, 0.4) is 0 Å². The van der Waals surface area contributed by atoms with Gasteiger partial charge < -0.3 is 5.73 Å². The molecule has 0 aliphatic heterocycles. The maximum Gasteiger partial charge on any atom is 0.158 e. The Kier molecular flexibility index (Phi) is 1.50. The topological polar surface area (TPSA) is 56.2 Å². The average Bonchev–Trinajstić information content (AvgIpc) is 2.32. The summed E-state index contributed by atoms with van der Waals surface area (Å²) in [5.74, 6) is -0.142. The number of anilines is 1. The lowest BCUT2D eigenvalue weighted by molar-refractivity contribution is 0.616. The third-order valence-corrected chi connectivity index (χ3v) is 2.22. The van der Waals surface area contributed by atoms with Gasteiger partial charge >= 0.3 is 0 Å². The Balaban J connectivity index is 2.95. The van der Waals surface area contributed by atoms with Crippen molar-refractivity contribution in [2.24, 2.45) is 0 Å². The van der Waals surface area contributed by atoms with Crippen LogP contribution in [0, 0.1) is 5.82 Å². The molecule has 0 fully saturated rings. The van der Waals surface area contributed by atoms with Gasteiger partial charge in [-0.25, -0.2) is 13.9 Å². The molecule has 0 aliphatic rings. The maximum atomic E-state index is 12.9. The van der Waals surface area contributed by atoms with Gasteiger partial charge in [-0.2, -0.15) is 5.10 Å². The summed E-state index contributed by atoms with van der Waals surface area (Å²) in [4.78, 5) is 3.72. The smallest absolute Gasteiger partial charge is 0.158 e. The molecular weight excluding hydrogens is 227 g/mol. The summed E-state index contributed by atoms with van der Waals surface area (Å²) in [7, 11) is 0. The van der Waals surface area contributed by atoms with Gasteiger partial charge in [-0.15, -0.1) is 0 Å². The van der Waals surface area contributed by atoms with Crippen LogP contribution in [-0.2, 0) is 0 Å². The van der Waals surface area contributed by atoms with E-state index in [0.717, 1.165) is 0 Å². The molecule has 0 amide bonds. The van der Waals surface area contributed by atoms with E-state index < -0.39 is 5.82 Å². The second-order valence-corrected chi connectivity index (χ2v) is 2.98. The van der Waals surface area contributed by atoms with E-state index in [1.807, 2.05) is 0 Å². The fraction of sp³-hybridized carbons (Fsp3) is 0. The Morgan fingerprint density at radius 3 is 3.00 bits per heavy atom. The molecule has 2 aromatic heterocycles. The van der Waals surface area contributed by atoms with Crippen LogP contribution in [0.4, 0.5) is 10.2 Å². The van der Waals surface area contributed by atoms with Crippen LogP contribution in [0.5, 0.6) is 0 Å². The van der Waals surface area contributed by atoms with Crippen molar-refractivity contribution in [2.75, 3.05) is 5.73 Å². The molecule has 0 radical (unpaired) electrons. The molecule has 2 N–H and O–H groups in total. The fourth-order valence-electron chi connectivity index (χ4n) is 0.949. The molecule has 62 valence electrons. The number of nitrogens with zero attached hydrogens (tertiary/aromatic N) is 3. The Morgan fingerprint density at radius 2 is 2.33 bits per heavy atom. The molecule has 4 nitrogen and oxygen atoms in total. The molecule has 0 spiro atoms. The number of hydrogen-bond acceptors (Lipinski definition) is 3. The third kappa shape index (κ3) is 0.878. The second-order valence-electron chi connectivity index (χ2n) is 2.23. The third-order valence-electron chi connectivity index (χ3n) is 1.50. The highest BCUT2D eigenvalue weighted by Crippen LogP contribution is 2.21. The first kappa shape index (κ1) is 7.48. The predicted molar refractivity (Wildman–Crippen MR) is 45.1 cm³/mol. The first-order valence-electron chi connectivity index (χ1n) is 3.13. The van der Waals surface area contributed by atoms with E-state index in [4.69, 9.17) is 5.73 Å². The molecule has 6 heteroatoms. The van der Waals surface area contributed by atoms with Crippen molar-refractivity contribution in [3.8, 4) is 0 Å². The highest BCUT2D eigenvalue weighted by Gasteiger charge is 2.09. The summed E-state index contributed by atoms with van der Waals surface area (Å²) in [6.45, 7) is 0. The largest absolute Gasteiger partial charge is 0.382 e. The van der Waals surface area contributed by atoms with Crippen molar-refractivity contribution >= 4 is 27.3 Å². The minimum Gasteiger partial charge on any atom is -0.382 e. The quantitative estimate of drug-likeness (QED) is 0.741. The maximum absolute atomic E-state index is 12.9. The van der Waals surface area contributed by atoms with Gasteiger partial charge in [0.25, 0.3) is 0 Å². The molecule has 2 heterocycles. The zero-order valence-corrected chi connectivity index (χ0v) is 7.42. The monoisotopic (exact) mass is 230 g/mol. The molecule has 0 atom stereocenters. The zero-order chi connectivity index (χ0) is 8.72. The number of nitrogens with two attached hydrogens (primary N) is 1. The van der Waals surface area contributed by atoms with Crippen LogP contribution in [0.2, 0.25) is 0 Å². The first-order chi connectivity index (χ1) is 5.70. The molecule has 0 saturated heterocycles. The van der Waals surface area contributed by atoms with Gasteiger partial charge in [0.2, 0.25) is 0 Å². The summed E-state index contributed by atoms with van der Waals surface area (Å²) in [5.41, 5.74) is 5.94. The van der Waals surface area contributed by atoms with Gasteiger partial charge in [0, 0.05) is 6.07 Å². The Hall–Kier alpha value is -1.17. The van der Waals surface area contributed by atoms with E-state index in [2.05, 4.69) is 26.0 Å². The van der Waals surface area contributed by atoms with Crippen LogP contribution < -0.4 is 5.73 Å². The van der Waals surface area contributed by atoms with Gasteiger partial charge in [-0.1, -0.05) is 0 Å². The summed E-state index contributed by atoms with van der Waals surface area (Å²) in [6, 6.07) is 1.28. The van der Waals surface area contributed by atoms with E-state index in [9.17, 15) is 4.39 Å². The summed E-state index contributed by atoms with van der Waals surface area (Å²) < 4.78 is 14.5. The van der Waals surface area contributed by atoms with Gasteiger partial charge in [-0.3, -0.25) is 0 Å². The van der Waals surface area contributed by atoms with Gasteiger partial charge in [0.1, 0.15) is 16.4 Å². The fourth-order valence-corrected chi connectivity index (χ4v) is 1.35. The highest BCUT2D eigenvalue weighted by molar-refractivity contribution is 9.10. The van der Waals surface area contributed by atoms with Crippen molar-refractivity contribution < 1.29 is 4.39 Å². The molecule has 0 unspecified atom stereocenters. The summed E-state index contributed by atoms with van der Waals surface area (Å²) in [5, 5.41) is 3.80. The number of nitrogen functional groups attached to an aromatic ring is 1. The van der Waals surface area contributed by atoms with Crippen LogP contribution in [-0.4, -0.2) is 14.6 Å². The van der Waals surface area contributed by atoms with E-state index in [1.54, 1.807) is 0 Å². The number of halogens is 2. The molecule has 2 aromatic rings. The van der Waals surface area contributed by atoms with Crippen LogP contribution >= 0.6 is 15.9 Å². The van der Waals surface area contributed by atoms with E-state index in [-0.39, 0.29) is 10.4 Å². The minimum atomic E-state index is -0.401. The average molecular weight is 231 g/mol. The van der Waals surface area contributed by atoms with E-state index >= 15 is 0 Å². The number of fused-ring (bicyclic) bond motifs is 1.